The third kappa shape index (κ3) is 1.95. The summed E-state index contributed by atoms with van der Waals surface area (Å²) in [6.45, 7) is 0. The van der Waals surface area contributed by atoms with Gasteiger partial charge in [-0.15, -0.1) is 0 Å². The lowest BCUT2D eigenvalue weighted by Gasteiger charge is -2.31. The van der Waals surface area contributed by atoms with Crippen LogP contribution in [0.4, 0.5) is 0 Å². The standard InChI is InChI=1S/C12H11ClO3/c13-8-3-1-7(2-4-8)11(14)9-5-6-10(9)12(15)16/h1-4,9-10H,5-6H2,(H,15,16)/t9-,10+/m0/s1. The van der Waals surface area contributed by atoms with Gasteiger partial charge in [0.2, 0.25) is 0 Å². The molecule has 1 N–H and O–H groups in total. The first-order valence-electron chi connectivity index (χ1n) is 5.12. The Balaban J connectivity index is 2.14. The lowest BCUT2D eigenvalue weighted by atomic mass is 9.70. The molecule has 0 radical (unpaired) electrons. The highest BCUT2D eigenvalue weighted by atomic mass is 35.5. The minimum absolute atomic E-state index is 0.0877. The van der Waals surface area contributed by atoms with Crippen LogP contribution in [0.5, 0.6) is 0 Å². The van der Waals surface area contributed by atoms with Crippen molar-refractivity contribution in [2.75, 3.05) is 0 Å². The molecule has 0 saturated heterocycles. The van der Waals surface area contributed by atoms with Gasteiger partial charge < -0.3 is 5.11 Å². The Morgan fingerprint density at radius 1 is 1.12 bits per heavy atom. The minimum atomic E-state index is -0.876. The monoisotopic (exact) mass is 238 g/mol. The summed E-state index contributed by atoms with van der Waals surface area (Å²) in [5, 5.41) is 9.44. The Hall–Kier alpha value is -1.35. The van der Waals surface area contributed by atoms with Gasteiger partial charge in [-0.1, -0.05) is 11.6 Å². The van der Waals surface area contributed by atoms with Gasteiger partial charge in [-0.25, -0.2) is 0 Å². The fourth-order valence-electron chi connectivity index (χ4n) is 1.94. The molecule has 1 saturated carbocycles. The predicted molar refractivity (Wildman–Crippen MR) is 59.6 cm³/mol. The molecular weight excluding hydrogens is 228 g/mol. The van der Waals surface area contributed by atoms with E-state index in [1.165, 1.54) is 0 Å². The molecule has 0 bridgehead atoms. The van der Waals surface area contributed by atoms with Crippen molar-refractivity contribution in [2.45, 2.75) is 12.8 Å². The second-order valence-electron chi connectivity index (χ2n) is 4.00. The number of rotatable bonds is 3. The first-order chi connectivity index (χ1) is 7.59. The normalized spacial score (nSPS) is 23.6. The van der Waals surface area contributed by atoms with E-state index in [1.807, 2.05) is 0 Å². The van der Waals surface area contributed by atoms with E-state index in [9.17, 15) is 9.59 Å². The van der Waals surface area contributed by atoms with Crippen LogP contribution in [0, 0.1) is 11.8 Å². The molecule has 0 aliphatic heterocycles. The maximum atomic E-state index is 11.9. The van der Waals surface area contributed by atoms with E-state index in [1.54, 1.807) is 24.3 Å². The number of carbonyl (C=O) groups is 2. The molecule has 1 aliphatic rings. The van der Waals surface area contributed by atoms with Gasteiger partial charge in [0, 0.05) is 16.5 Å². The molecule has 0 spiro atoms. The Kier molecular flexibility index (Phi) is 2.97. The van der Waals surface area contributed by atoms with Crippen molar-refractivity contribution in [1.29, 1.82) is 0 Å². The summed E-state index contributed by atoms with van der Waals surface area (Å²) in [7, 11) is 0. The van der Waals surface area contributed by atoms with Gasteiger partial charge in [-0.05, 0) is 37.1 Å². The SMILES string of the molecule is O=C(c1ccc(Cl)cc1)[C@H]1CC[C@H]1C(=O)O. The third-order valence-corrected chi connectivity index (χ3v) is 3.31. The molecule has 1 fully saturated rings. The molecule has 1 aliphatic carbocycles. The number of ketones is 1. The summed E-state index contributed by atoms with van der Waals surface area (Å²) in [6, 6.07) is 6.57. The second kappa shape index (κ2) is 4.26. The molecular formula is C12H11ClO3. The summed E-state index contributed by atoms with van der Waals surface area (Å²) >= 11 is 5.72. The zero-order valence-corrected chi connectivity index (χ0v) is 9.28. The highest BCUT2D eigenvalue weighted by molar-refractivity contribution is 6.30. The number of aliphatic carboxylic acids is 1. The predicted octanol–water partition coefficient (Wildman–Crippen LogP) is 2.63. The van der Waals surface area contributed by atoms with Crippen LogP contribution in [-0.4, -0.2) is 16.9 Å². The van der Waals surface area contributed by atoms with Gasteiger partial charge >= 0.3 is 5.97 Å². The Morgan fingerprint density at radius 2 is 1.69 bits per heavy atom. The number of Topliss-reactive ketones (excluding diaryl/α,β-unsaturated/α-hetero) is 1. The van der Waals surface area contributed by atoms with Gasteiger partial charge in [0.25, 0.3) is 0 Å². The van der Waals surface area contributed by atoms with Crippen molar-refractivity contribution < 1.29 is 14.7 Å². The largest absolute Gasteiger partial charge is 0.481 e. The van der Waals surface area contributed by atoms with Crippen LogP contribution in [0.25, 0.3) is 0 Å². The van der Waals surface area contributed by atoms with Crippen molar-refractivity contribution in [3.63, 3.8) is 0 Å². The lowest BCUT2D eigenvalue weighted by Crippen LogP contribution is -2.38. The summed E-state index contributed by atoms with van der Waals surface area (Å²) in [4.78, 5) is 22.8. The quantitative estimate of drug-likeness (QED) is 0.824. The Bertz CT molecular complexity index is 424. The number of benzene rings is 1. The topological polar surface area (TPSA) is 54.4 Å². The molecule has 4 heteroatoms. The summed E-state index contributed by atoms with van der Waals surface area (Å²) in [5.41, 5.74) is 0.542. The lowest BCUT2D eigenvalue weighted by molar-refractivity contribution is -0.146. The molecule has 1 aromatic rings. The van der Waals surface area contributed by atoms with Crippen LogP contribution in [0.1, 0.15) is 23.2 Å². The van der Waals surface area contributed by atoms with Crippen LogP contribution in [0.2, 0.25) is 5.02 Å². The molecule has 0 heterocycles. The third-order valence-electron chi connectivity index (χ3n) is 3.06. The minimum Gasteiger partial charge on any atom is -0.481 e. The van der Waals surface area contributed by atoms with Gasteiger partial charge in [-0.2, -0.15) is 0 Å². The highest BCUT2D eigenvalue weighted by Gasteiger charge is 2.41. The number of halogens is 1. The van der Waals surface area contributed by atoms with E-state index in [4.69, 9.17) is 16.7 Å². The maximum absolute atomic E-state index is 11.9. The summed E-state index contributed by atoms with van der Waals surface area (Å²) in [6.07, 6.45) is 1.26. The van der Waals surface area contributed by atoms with Crippen molar-refractivity contribution in [3.8, 4) is 0 Å². The average Bonchev–Trinajstić information content (AvgIpc) is 2.15. The molecule has 0 unspecified atom stereocenters. The van der Waals surface area contributed by atoms with E-state index >= 15 is 0 Å². The van der Waals surface area contributed by atoms with Crippen molar-refractivity contribution >= 4 is 23.4 Å². The van der Waals surface area contributed by atoms with E-state index in [0.717, 1.165) is 0 Å². The summed E-state index contributed by atoms with van der Waals surface area (Å²) < 4.78 is 0. The van der Waals surface area contributed by atoms with E-state index in [0.29, 0.717) is 23.4 Å². The zero-order valence-electron chi connectivity index (χ0n) is 8.52. The molecule has 0 aromatic heterocycles. The van der Waals surface area contributed by atoms with Crippen LogP contribution in [0.3, 0.4) is 0 Å². The average molecular weight is 239 g/mol. The fraction of sp³-hybridized carbons (Fsp3) is 0.333. The number of hydrogen-bond donors (Lipinski definition) is 1. The molecule has 3 nitrogen and oxygen atoms in total. The molecule has 16 heavy (non-hydrogen) atoms. The number of carboxylic acid groups (broad SMARTS) is 1. The van der Waals surface area contributed by atoms with Gasteiger partial charge in [0.1, 0.15) is 0 Å². The van der Waals surface area contributed by atoms with Crippen molar-refractivity contribution in [3.05, 3.63) is 34.9 Å². The Labute approximate surface area is 98.0 Å². The number of carboxylic acids is 1. The number of carbonyl (C=O) groups excluding carboxylic acids is 1. The van der Waals surface area contributed by atoms with Crippen molar-refractivity contribution in [2.24, 2.45) is 11.8 Å². The van der Waals surface area contributed by atoms with Crippen LogP contribution in [-0.2, 0) is 4.79 Å². The fourth-order valence-corrected chi connectivity index (χ4v) is 2.06. The first-order valence-corrected chi connectivity index (χ1v) is 5.50. The molecule has 2 atom stereocenters. The van der Waals surface area contributed by atoms with Crippen molar-refractivity contribution in [1.82, 2.24) is 0 Å². The van der Waals surface area contributed by atoms with Crippen LogP contribution < -0.4 is 0 Å². The first kappa shape index (κ1) is 11.1. The molecule has 0 amide bonds. The smallest absolute Gasteiger partial charge is 0.307 e. The maximum Gasteiger partial charge on any atom is 0.307 e. The van der Waals surface area contributed by atoms with Crippen LogP contribution in [0.15, 0.2) is 24.3 Å². The second-order valence-corrected chi connectivity index (χ2v) is 4.44. The van der Waals surface area contributed by atoms with E-state index < -0.39 is 11.9 Å². The van der Waals surface area contributed by atoms with Gasteiger partial charge in [0.05, 0.1) is 5.92 Å². The number of hydrogen-bond acceptors (Lipinski definition) is 2. The highest BCUT2D eigenvalue weighted by Crippen LogP contribution is 2.36. The van der Waals surface area contributed by atoms with E-state index in [-0.39, 0.29) is 11.7 Å². The zero-order chi connectivity index (χ0) is 11.7. The van der Waals surface area contributed by atoms with E-state index in [2.05, 4.69) is 0 Å². The molecule has 1 aromatic carbocycles. The Morgan fingerprint density at radius 3 is 2.12 bits per heavy atom. The van der Waals surface area contributed by atoms with Gasteiger partial charge in [0.15, 0.2) is 5.78 Å². The van der Waals surface area contributed by atoms with Crippen LogP contribution >= 0.6 is 11.6 Å². The van der Waals surface area contributed by atoms with Gasteiger partial charge in [-0.3, -0.25) is 9.59 Å². The molecule has 2 rings (SSSR count). The molecule has 84 valence electrons. The summed E-state index contributed by atoms with van der Waals surface area (Å²) in [5.74, 6) is -1.84.